The maximum atomic E-state index is 11.6. The Hall–Kier alpha value is -3.11. The number of carbonyl (C=O) groups excluding carboxylic acids is 1. The van der Waals surface area contributed by atoms with Crippen molar-refractivity contribution in [3.63, 3.8) is 0 Å². The standard InChI is InChI=1S/C12H9N5O2/c1-2-19-12(18)9-6-17-11(7(3-13)4-14)8(5-15)10(9)16/h6-7H,2H2,1H3,(H2,16,17). The third-order valence-electron chi connectivity index (χ3n) is 2.29. The summed E-state index contributed by atoms with van der Waals surface area (Å²) in [5.74, 6) is -1.92. The first-order valence-electron chi connectivity index (χ1n) is 5.25. The number of anilines is 1. The summed E-state index contributed by atoms with van der Waals surface area (Å²) in [5, 5.41) is 26.6. The van der Waals surface area contributed by atoms with Gasteiger partial charge in [-0.1, -0.05) is 0 Å². The van der Waals surface area contributed by atoms with Crippen LogP contribution in [0.5, 0.6) is 0 Å². The molecule has 7 nitrogen and oxygen atoms in total. The van der Waals surface area contributed by atoms with Gasteiger partial charge in [0.15, 0.2) is 5.92 Å². The van der Waals surface area contributed by atoms with Gasteiger partial charge in [0.1, 0.15) is 11.6 Å². The molecule has 94 valence electrons. The summed E-state index contributed by atoms with van der Waals surface area (Å²) in [7, 11) is 0. The molecule has 7 heteroatoms. The maximum absolute atomic E-state index is 11.6. The highest BCUT2D eigenvalue weighted by Crippen LogP contribution is 2.24. The molecule has 0 radical (unpaired) electrons. The van der Waals surface area contributed by atoms with Crippen molar-refractivity contribution in [1.29, 1.82) is 15.8 Å². The highest BCUT2D eigenvalue weighted by Gasteiger charge is 2.23. The lowest BCUT2D eigenvalue weighted by Gasteiger charge is -2.09. The van der Waals surface area contributed by atoms with E-state index in [4.69, 9.17) is 26.3 Å². The first-order valence-corrected chi connectivity index (χ1v) is 5.25. The Labute approximate surface area is 109 Å². The average molecular weight is 255 g/mol. The van der Waals surface area contributed by atoms with Gasteiger partial charge in [0.2, 0.25) is 0 Å². The Morgan fingerprint density at radius 2 is 2.11 bits per heavy atom. The van der Waals surface area contributed by atoms with Crippen molar-refractivity contribution < 1.29 is 9.53 Å². The number of hydrogen-bond acceptors (Lipinski definition) is 7. The lowest BCUT2D eigenvalue weighted by molar-refractivity contribution is 0.0527. The molecular formula is C12H9N5O2. The van der Waals surface area contributed by atoms with Crippen molar-refractivity contribution in [2.24, 2.45) is 0 Å². The van der Waals surface area contributed by atoms with E-state index < -0.39 is 11.9 Å². The monoisotopic (exact) mass is 255 g/mol. The molecule has 0 aliphatic heterocycles. The summed E-state index contributed by atoms with van der Waals surface area (Å²) in [5.41, 5.74) is 5.28. The zero-order chi connectivity index (χ0) is 14.4. The number of ether oxygens (including phenoxy) is 1. The van der Waals surface area contributed by atoms with Crippen molar-refractivity contribution in [1.82, 2.24) is 4.98 Å². The second kappa shape index (κ2) is 6.00. The number of nitrogens with zero attached hydrogens (tertiary/aromatic N) is 4. The molecule has 1 aromatic heterocycles. The van der Waals surface area contributed by atoms with E-state index in [0.717, 1.165) is 6.20 Å². The number of rotatable bonds is 3. The van der Waals surface area contributed by atoms with Gasteiger partial charge in [0, 0.05) is 6.20 Å². The van der Waals surface area contributed by atoms with Crippen LogP contribution in [0.15, 0.2) is 6.20 Å². The second-order valence-corrected chi connectivity index (χ2v) is 3.37. The van der Waals surface area contributed by atoms with Gasteiger partial charge in [-0.25, -0.2) is 4.79 Å². The van der Waals surface area contributed by atoms with Crippen LogP contribution in [-0.2, 0) is 4.74 Å². The van der Waals surface area contributed by atoms with E-state index in [1.807, 2.05) is 0 Å². The molecule has 1 rings (SSSR count). The smallest absolute Gasteiger partial charge is 0.341 e. The molecule has 2 N–H and O–H groups in total. The number of esters is 1. The van der Waals surface area contributed by atoms with Gasteiger partial charge >= 0.3 is 5.97 Å². The molecule has 0 aliphatic rings. The van der Waals surface area contributed by atoms with E-state index in [2.05, 4.69) is 4.98 Å². The average Bonchev–Trinajstić information content (AvgIpc) is 2.40. The molecule has 0 spiro atoms. The minimum Gasteiger partial charge on any atom is -0.462 e. The van der Waals surface area contributed by atoms with Crippen LogP contribution in [0.3, 0.4) is 0 Å². The van der Waals surface area contributed by atoms with Gasteiger partial charge in [0.05, 0.1) is 35.7 Å². The Morgan fingerprint density at radius 3 is 2.58 bits per heavy atom. The van der Waals surface area contributed by atoms with Crippen LogP contribution in [0.2, 0.25) is 0 Å². The van der Waals surface area contributed by atoms with Gasteiger partial charge in [-0.15, -0.1) is 0 Å². The molecule has 0 unspecified atom stereocenters. The number of nitriles is 3. The summed E-state index contributed by atoms with van der Waals surface area (Å²) in [6.07, 6.45) is 1.10. The fourth-order valence-electron chi connectivity index (χ4n) is 1.40. The van der Waals surface area contributed by atoms with Crippen LogP contribution in [0.25, 0.3) is 0 Å². The predicted molar refractivity (Wildman–Crippen MR) is 63.3 cm³/mol. The van der Waals surface area contributed by atoms with Crippen LogP contribution >= 0.6 is 0 Å². The Kier molecular flexibility index (Phi) is 4.40. The molecule has 0 bridgehead atoms. The molecule has 0 amide bonds. The van der Waals surface area contributed by atoms with Gasteiger partial charge in [0.25, 0.3) is 0 Å². The number of pyridine rings is 1. The van der Waals surface area contributed by atoms with Crippen LogP contribution in [0.1, 0.15) is 34.5 Å². The molecule has 0 saturated heterocycles. The van der Waals surface area contributed by atoms with Crippen LogP contribution in [0, 0.1) is 34.0 Å². The van der Waals surface area contributed by atoms with Gasteiger partial charge in [-0.2, -0.15) is 15.8 Å². The SMILES string of the molecule is CCOC(=O)c1cnc(C(C#N)C#N)c(C#N)c1N. The predicted octanol–water partition coefficient (Wildman–Crippen LogP) is 0.843. The number of nitrogens with two attached hydrogens (primary N) is 1. The molecule has 0 fully saturated rings. The third-order valence-corrected chi connectivity index (χ3v) is 2.29. The van der Waals surface area contributed by atoms with Crippen molar-refractivity contribution in [3.8, 4) is 18.2 Å². The molecule has 0 aliphatic carbocycles. The van der Waals surface area contributed by atoms with Crippen LogP contribution < -0.4 is 5.73 Å². The lowest BCUT2D eigenvalue weighted by Crippen LogP contribution is -2.13. The molecule has 0 atom stereocenters. The summed E-state index contributed by atoms with van der Waals surface area (Å²) >= 11 is 0. The second-order valence-electron chi connectivity index (χ2n) is 3.37. The normalized spacial score (nSPS) is 9.21. The number of hydrogen-bond donors (Lipinski definition) is 1. The number of carbonyl (C=O) groups is 1. The van der Waals surface area contributed by atoms with Gasteiger partial charge in [-0.05, 0) is 6.92 Å². The molecule has 19 heavy (non-hydrogen) atoms. The molecule has 1 heterocycles. The van der Waals surface area contributed by atoms with Gasteiger partial charge in [-0.3, -0.25) is 4.98 Å². The fraction of sp³-hybridized carbons (Fsp3) is 0.250. The Bertz CT molecular complexity index is 619. The maximum Gasteiger partial charge on any atom is 0.341 e. The zero-order valence-corrected chi connectivity index (χ0v) is 10.0. The minimum atomic E-state index is -1.21. The highest BCUT2D eigenvalue weighted by atomic mass is 16.5. The van der Waals surface area contributed by atoms with Crippen molar-refractivity contribution in [2.75, 3.05) is 12.3 Å². The molecular weight excluding hydrogens is 246 g/mol. The van der Waals surface area contributed by atoms with Gasteiger partial charge < -0.3 is 10.5 Å². The van der Waals surface area contributed by atoms with E-state index in [1.165, 1.54) is 0 Å². The Morgan fingerprint density at radius 1 is 1.47 bits per heavy atom. The molecule has 1 aromatic rings. The van der Waals surface area contributed by atoms with Crippen molar-refractivity contribution >= 4 is 11.7 Å². The minimum absolute atomic E-state index is 0.0574. The topological polar surface area (TPSA) is 137 Å². The quantitative estimate of drug-likeness (QED) is 0.790. The zero-order valence-electron chi connectivity index (χ0n) is 10.0. The largest absolute Gasteiger partial charge is 0.462 e. The van der Waals surface area contributed by atoms with Crippen molar-refractivity contribution in [3.05, 3.63) is 23.0 Å². The summed E-state index contributed by atoms with van der Waals surface area (Å²) in [6, 6.07) is 5.15. The number of aromatic nitrogens is 1. The molecule has 0 aromatic carbocycles. The van der Waals surface area contributed by atoms with E-state index >= 15 is 0 Å². The third kappa shape index (κ3) is 2.59. The fourth-order valence-corrected chi connectivity index (χ4v) is 1.40. The van der Waals surface area contributed by atoms with Crippen LogP contribution in [-0.4, -0.2) is 17.6 Å². The summed E-state index contributed by atoms with van der Waals surface area (Å²) in [6.45, 7) is 1.78. The van der Waals surface area contributed by atoms with Crippen LogP contribution in [0.4, 0.5) is 5.69 Å². The highest BCUT2D eigenvalue weighted by molar-refractivity contribution is 5.96. The van der Waals surface area contributed by atoms with E-state index in [-0.39, 0.29) is 29.1 Å². The summed E-state index contributed by atoms with van der Waals surface area (Å²) in [4.78, 5) is 15.4. The van der Waals surface area contributed by atoms with Crippen molar-refractivity contribution in [2.45, 2.75) is 12.8 Å². The van der Waals surface area contributed by atoms with E-state index in [9.17, 15) is 4.79 Å². The number of nitrogen functional groups attached to an aromatic ring is 1. The molecule has 0 saturated carbocycles. The first kappa shape index (κ1) is 14.0. The lowest BCUT2D eigenvalue weighted by atomic mass is 10.00. The first-order chi connectivity index (χ1) is 9.10. The summed E-state index contributed by atoms with van der Waals surface area (Å²) < 4.78 is 4.76. The Balaban J connectivity index is 3.42. The van der Waals surface area contributed by atoms with E-state index in [1.54, 1.807) is 25.1 Å². The van der Waals surface area contributed by atoms with E-state index in [0.29, 0.717) is 0 Å².